The summed E-state index contributed by atoms with van der Waals surface area (Å²) in [5.41, 5.74) is 1.49. The highest BCUT2D eigenvalue weighted by atomic mass is 15.3. The van der Waals surface area contributed by atoms with Gasteiger partial charge in [-0.1, -0.05) is 63.4 Å². The van der Waals surface area contributed by atoms with Crippen LogP contribution >= 0.6 is 0 Å². The predicted octanol–water partition coefficient (Wildman–Crippen LogP) is 4.38. The molecule has 1 aromatic rings. The normalized spacial score (nSPS) is 28.1. The molecule has 2 unspecified atom stereocenters. The van der Waals surface area contributed by atoms with E-state index in [4.69, 9.17) is 0 Å². The maximum Gasteiger partial charge on any atom is 0.0476 e. The standard InChI is InChI=1S/C20H32N2/c1-16(2)13-18-15-22(19-11-7-4-8-12-19)20(14-21-18)17-9-5-3-6-10-17/h3,5-6,9-10,16,18-21H,4,7-8,11-15H2,1-2H3. The van der Waals surface area contributed by atoms with Gasteiger partial charge in [0.1, 0.15) is 0 Å². The van der Waals surface area contributed by atoms with Gasteiger partial charge in [-0.05, 0) is 30.7 Å². The van der Waals surface area contributed by atoms with E-state index in [1.165, 1.54) is 50.6 Å². The third kappa shape index (κ3) is 3.91. The lowest BCUT2D eigenvalue weighted by atomic mass is 9.89. The molecule has 2 aliphatic rings. The highest BCUT2D eigenvalue weighted by Gasteiger charge is 2.34. The van der Waals surface area contributed by atoms with E-state index in [9.17, 15) is 0 Å². The Hall–Kier alpha value is -0.860. The van der Waals surface area contributed by atoms with Gasteiger partial charge in [0.15, 0.2) is 0 Å². The van der Waals surface area contributed by atoms with Crippen molar-refractivity contribution >= 4 is 0 Å². The van der Waals surface area contributed by atoms with Crippen LogP contribution in [0.25, 0.3) is 0 Å². The van der Waals surface area contributed by atoms with Crippen LogP contribution in [0.15, 0.2) is 30.3 Å². The minimum absolute atomic E-state index is 0.563. The fourth-order valence-corrected chi connectivity index (χ4v) is 4.37. The zero-order chi connectivity index (χ0) is 15.4. The fourth-order valence-electron chi connectivity index (χ4n) is 4.37. The monoisotopic (exact) mass is 300 g/mol. The number of hydrogen-bond donors (Lipinski definition) is 1. The van der Waals surface area contributed by atoms with Crippen molar-refractivity contribution < 1.29 is 0 Å². The van der Waals surface area contributed by atoms with E-state index >= 15 is 0 Å². The summed E-state index contributed by atoms with van der Waals surface area (Å²) in [6, 6.07) is 13.2. The molecule has 2 nitrogen and oxygen atoms in total. The molecule has 1 heterocycles. The molecule has 1 saturated carbocycles. The average molecular weight is 300 g/mol. The predicted molar refractivity (Wildman–Crippen MR) is 94.0 cm³/mol. The summed E-state index contributed by atoms with van der Waals surface area (Å²) in [5, 5.41) is 3.83. The molecule has 3 rings (SSSR count). The Morgan fingerprint density at radius 2 is 1.82 bits per heavy atom. The topological polar surface area (TPSA) is 15.3 Å². The van der Waals surface area contributed by atoms with Crippen LogP contribution in [0.4, 0.5) is 0 Å². The molecule has 1 aliphatic heterocycles. The molecular formula is C20H32N2. The Bertz CT molecular complexity index is 436. The van der Waals surface area contributed by atoms with Crippen LogP contribution in [-0.2, 0) is 0 Å². The quantitative estimate of drug-likeness (QED) is 0.887. The number of piperazine rings is 1. The maximum absolute atomic E-state index is 3.83. The van der Waals surface area contributed by atoms with Crippen molar-refractivity contribution in [3.8, 4) is 0 Å². The van der Waals surface area contributed by atoms with Crippen LogP contribution in [0.5, 0.6) is 0 Å². The molecule has 22 heavy (non-hydrogen) atoms. The lowest BCUT2D eigenvalue weighted by molar-refractivity contribution is 0.0565. The van der Waals surface area contributed by atoms with E-state index in [0.717, 1.165) is 18.5 Å². The third-order valence-electron chi connectivity index (χ3n) is 5.42. The third-order valence-corrected chi connectivity index (χ3v) is 5.42. The number of benzene rings is 1. The highest BCUT2D eigenvalue weighted by molar-refractivity contribution is 5.20. The maximum atomic E-state index is 3.83. The van der Waals surface area contributed by atoms with Gasteiger partial charge in [-0.2, -0.15) is 0 Å². The summed E-state index contributed by atoms with van der Waals surface area (Å²) in [7, 11) is 0. The molecule has 2 heteroatoms. The van der Waals surface area contributed by atoms with Gasteiger partial charge in [0.2, 0.25) is 0 Å². The molecule has 0 spiro atoms. The van der Waals surface area contributed by atoms with E-state index in [-0.39, 0.29) is 0 Å². The first-order valence-corrected chi connectivity index (χ1v) is 9.28. The summed E-state index contributed by atoms with van der Waals surface area (Å²) in [5.74, 6) is 0.777. The molecule has 2 atom stereocenters. The number of nitrogens with one attached hydrogen (secondary N) is 1. The van der Waals surface area contributed by atoms with E-state index in [2.05, 4.69) is 54.4 Å². The molecule has 0 amide bonds. The van der Waals surface area contributed by atoms with Crippen LogP contribution in [0.3, 0.4) is 0 Å². The number of nitrogens with zero attached hydrogens (tertiary/aromatic N) is 1. The van der Waals surface area contributed by atoms with Crippen molar-refractivity contribution in [2.45, 2.75) is 70.5 Å². The Kier molecular flexibility index (Phi) is 5.54. The Balaban J connectivity index is 1.75. The Morgan fingerprint density at radius 1 is 1.09 bits per heavy atom. The van der Waals surface area contributed by atoms with Gasteiger partial charge < -0.3 is 5.32 Å². The van der Waals surface area contributed by atoms with Gasteiger partial charge >= 0.3 is 0 Å². The van der Waals surface area contributed by atoms with E-state index < -0.39 is 0 Å². The molecule has 0 aromatic heterocycles. The van der Waals surface area contributed by atoms with Crippen LogP contribution in [-0.4, -0.2) is 30.1 Å². The lowest BCUT2D eigenvalue weighted by Gasteiger charge is -2.46. The van der Waals surface area contributed by atoms with Crippen molar-refractivity contribution in [3.05, 3.63) is 35.9 Å². The van der Waals surface area contributed by atoms with Crippen LogP contribution < -0.4 is 5.32 Å². The summed E-state index contributed by atoms with van der Waals surface area (Å²) >= 11 is 0. The molecular weight excluding hydrogens is 268 g/mol. The van der Waals surface area contributed by atoms with Gasteiger partial charge in [0.05, 0.1) is 0 Å². The first-order chi connectivity index (χ1) is 10.7. The first kappa shape index (κ1) is 16.0. The second kappa shape index (κ2) is 7.61. The van der Waals surface area contributed by atoms with Gasteiger partial charge in [0.25, 0.3) is 0 Å². The van der Waals surface area contributed by atoms with Crippen molar-refractivity contribution in [2.75, 3.05) is 13.1 Å². The van der Waals surface area contributed by atoms with Crippen molar-refractivity contribution in [1.82, 2.24) is 10.2 Å². The fraction of sp³-hybridized carbons (Fsp3) is 0.700. The second-order valence-corrected chi connectivity index (χ2v) is 7.65. The zero-order valence-electron chi connectivity index (χ0n) is 14.3. The van der Waals surface area contributed by atoms with Gasteiger partial charge in [-0.25, -0.2) is 0 Å². The molecule has 0 radical (unpaired) electrons. The Labute approximate surface area is 136 Å². The summed E-state index contributed by atoms with van der Waals surface area (Å²) < 4.78 is 0. The van der Waals surface area contributed by atoms with E-state index in [1.54, 1.807) is 0 Å². The van der Waals surface area contributed by atoms with Crippen molar-refractivity contribution in [1.29, 1.82) is 0 Å². The lowest BCUT2D eigenvalue weighted by Crippen LogP contribution is -2.56. The van der Waals surface area contributed by atoms with E-state index in [1.807, 2.05) is 0 Å². The molecule has 1 aromatic carbocycles. The van der Waals surface area contributed by atoms with Gasteiger partial charge in [-0.3, -0.25) is 4.90 Å². The zero-order valence-corrected chi connectivity index (χ0v) is 14.3. The average Bonchev–Trinajstić information content (AvgIpc) is 2.56. The minimum atomic E-state index is 0.563. The highest BCUT2D eigenvalue weighted by Crippen LogP contribution is 2.32. The second-order valence-electron chi connectivity index (χ2n) is 7.65. The minimum Gasteiger partial charge on any atom is -0.311 e. The van der Waals surface area contributed by atoms with Crippen LogP contribution in [0.1, 0.15) is 64.0 Å². The van der Waals surface area contributed by atoms with Crippen LogP contribution in [0.2, 0.25) is 0 Å². The van der Waals surface area contributed by atoms with E-state index in [0.29, 0.717) is 12.1 Å². The molecule has 122 valence electrons. The SMILES string of the molecule is CC(C)CC1CN(C2CCCCC2)C(c2ccccc2)CN1. The molecule has 1 N–H and O–H groups in total. The summed E-state index contributed by atoms with van der Waals surface area (Å²) in [6.45, 7) is 7.02. The summed E-state index contributed by atoms with van der Waals surface area (Å²) in [4.78, 5) is 2.85. The van der Waals surface area contributed by atoms with Gasteiger partial charge in [0, 0.05) is 31.2 Å². The molecule has 0 bridgehead atoms. The van der Waals surface area contributed by atoms with Gasteiger partial charge in [-0.15, -0.1) is 0 Å². The Morgan fingerprint density at radius 3 is 2.50 bits per heavy atom. The number of rotatable bonds is 4. The van der Waals surface area contributed by atoms with Crippen molar-refractivity contribution in [3.63, 3.8) is 0 Å². The first-order valence-electron chi connectivity index (χ1n) is 9.28. The number of hydrogen-bond acceptors (Lipinski definition) is 2. The largest absolute Gasteiger partial charge is 0.311 e. The molecule has 1 saturated heterocycles. The smallest absolute Gasteiger partial charge is 0.0476 e. The summed E-state index contributed by atoms with van der Waals surface area (Å²) in [6.07, 6.45) is 8.38. The molecule has 2 fully saturated rings. The van der Waals surface area contributed by atoms with Crippen LogP contribution in [0, 0.1) is 5.92 Å². The molecule has 1 aliphatic carbocycles. The van der Waals surface area contributed by atoms with Crippen molar-refractivity contribution in [2.24, 2.45) is 5.92 Å².